The van der Waals surface area contributed by atoms with Gasteiger partial charge in [-0.3, -0.25) is 19.8 Å². The number of pyridine rings is 2. The Labute approximate surface area is 169 Å². The summed E-state index contributed by atoms with van der Waals surface area (Å²) in [5.74, 6) is -0.338. The molecule has 1 aromatic carbocycles. The van der Waals surface area contributed by atoms with E-state index in [2.05, 4.69) is 15.0 Å². The van der Waals surface area contributed by atoms with Crippen LogP contribution in [-0.2, 0) is 17.8 Å². The first-order valence-electron chi connectivity index (χ1n) is 9.73. The number of nitrogens with zero attached hydrogens (tertiary/aromatic N) is 3. The molecule has 1 aliphatic heterocycles. The second-order valence-electron chi connectivity index (χ2n) is 7.49. The molecule has 0 radical (unpaired) electrons. The van der Waals surface area contributed by atoms with Gasteiger partial charge in [-0.25, -0.2) is 4.39 Å². The number of carbonyl (C=O) groups excluding carboxylic acids is 1. The van der Waals surface area contributed by atoms with Gasteiger partial charge in [-0.2, -0.15) is 0 Å². The van der Waals surface area contributed by atoms with Gasteiger partial charge >= 0.3 is 0 Å². The summed E-state index contributed by atoms with van der Waals surface area (Å²) in [7, 11) is 0. The minimum atomic E-state index is -0.409. The van der Waals surface area contributed by atoms with Crippen LogP contribution in [0.2, 0.25) is 0 Å². The third kappa shape index (κ3) is 3.99. The SMILES string of the molecule is Cc1cc(C2=NCc3c2cnc(CC(=O)C[C@H](C)c2ccccc2)c3F)ccn1. The van der Waals surface area contributed by atoms with Gasteiger partial charge in [-0.15, -0.1) is 0 Å². The molecule has 3 heterocycles. The number of halogens is 1. The highest BCUT2D eigenvalue weighted by atomic mass is 19.1. The number of aryl methyl sites for hydroxylation is 1. The van der Waals surface area contributed by atoms with E-state index in [1.807, 2.05) is 56.3 Å². The molecule has 0 spiro atoms. The number of hydrogen-bond acceptors (Lipinski definition) is 4. The van der Waals surface area contributed by atoms with Crippen LogP contribution in [0.3, 0.4) is 0 Å². The van der Waals surface area contributed by atoms with E-state index in [9.17, 15) is 4.79 Å². The van der Waals surface area contributed by atoms with Crippen LogP contribution >= 0.6 is 0 Å². The van der Waals surface area contributed by atoms with Crippen molar-refractivity contribution < 1.29 is 9.18 Å². The third-order valence-electron chi connectivity index (χ3n) is 5.28. The molecule has 4 rings (SSSR count). The average Bonchev–Trinajstić information content (AvgIpc) is 3.15. The molecule has 2 aromatic heterocycles. The van der Waals surface area contributed by atoms with Crippen molar-refractivity contribution in [2.24, 2.45) is 4.99 Å². The smallest absolute Gasteiger partial charge is 0.150 e. The van der Waals surface area contributed by atoms with Crippen molar-refractivity contribution in [1.82, 2.24) is 9.97 Å². The second kappa shape index (κ2) is 8.03. The van der Waals surface area contributed by atoms with Crippen LogP contribution in [0.1, 0.15) is 52.9 Å². The molecule has 0 bridgehead atoms. The minimum absolute atomic E-state index is 0.0000145. The first-order valence-corrected chi connectivity index (χ1v) is 9.73. The minimum Gasteiger partial charge on any atom is -0.299 e. The van der Waals surface area contributed by atoms with Gasteiger partial charge in [0.25, 0.3) is 0 Å². The first kappa shape index (κ1) is 19.1. The summed E-state index contributed by atoms with van der Waals surface area (Å²) < 4.78 is 15.1. The summed E-state index contributed by atoms with van der Waals surface area (Å²) in [6.07, 6.45) is 3.72. The molecule has 4 nitrogen and oxygen atoms in total. The molecular formula is C24H22FN3O. The molecule has 5 heteroatoms. The standard InChI is InChI=1S/C24H22FN3O/c1-15(17-6-4-3-5-7-17)10-19(29)12-22-23(25)20-13-28-24(21(20)14-27-22)18-8-9-26-16(2)11-18/h3-9,11,14-15H,10,12-13H2,1-2H3/t15-/m0/s1. The molecule has 0 N–H and O–H groups in total. The van der Waals surface area contributed by atoms with E-state index in [0.717, 1.165) is 22.5 Å². The monoisotopic (exact) mass is 387 g/mol. The fourth-order valence-electron chi connectivity index (χ4n) is 3.73. The third-order valence-corrected chi connectivity index (χ3v) is 5.28. The van der Waals surface area contributed by atoms with Gasteiger partial charge in [0, 0.05) is 41.2 Å². The van der Waals surface area contributed by atoms with Crippen LogP contribution in [0, 0.1) is 12.7 Å². The van der Waals surface area contributed by atoms with E-state index < -0.39 is 5.82 Å². The Morgan fingerprint density at radius 2 is 1.97 bits per heavy atom. The number of fused-ring (bicyclic) bond motifs is 1. The molecule has 146 valence electrons. The van der Waals surface area contributed by atoms with Crippen LogP contribution in [0.4, 0.5) is 4.39 Å². The Morgan fingerprint density at radius 3 is 2.72 bits per heavy atom. The molecule has 3 aromatic rings. The summed E-state index contributed by atoms with van der Waals surface area (Å²) in [6.45, 7) is 4.18. The molecule has 0 aliphatic carbocycles. The van der Waals surface area contributed by atoms with Crippen LogP contribution in [0.5, 0.6) is 0 Å². The predicted molar refractivity (Wildman–Crippen MR) is 111 cm³/mol. The molecule has 0 amide bonds. The van der Waals surface area contributed by atoms with Gasteiger partial charge in [0.2, 0.25) is 0 Å². The molecule has 0 fully saturated rings. The maximum absolute atomic E-state index is 15.1. The van der Waals surface area contributed by atoms with Crippen molar-refractivity contribution in [3.8, 4) is 0 Å². The van der Waals surface area contributed by atoms with E-state index in [-0.39, 0.29) is 30.4 Å². The maximum Gasteiger partial charge on any atom is 0.150 e. The van der Waals surface area contributed by atoms with Gasteiger partial charge in [-0.05, 0) is 30.5 Å². The molecule has 0 saturated carbocycles. The molecule has 1 aliphatic rings. The molecular weight excluding hydrogens is 365 g/mol. The lowest BCUT2D eigenvalue weighted by Crippen LogP contribution is -2.12. The number of Topliss-reactive ketones (excluding diaryl/α,β-unsaturated/α-hetero) is 1. The van der Waals surface area contributed by atoms with Crippen molar-refractivity contribution in [3.63, 3.8) is 0 Å². The first-order chi connectivity index (χ1) is 14.0. The molecule has 0 saturated heterocycles. The van der Waals surface area contributed by atoms with E-state index in [1.165, 1.54) is 0 Å². The van der Waals surface area contributed by atoms with Crippen molar-refractivity contribution in [2.45, 2.75) is 39.2 Å². The Bertz CT molecular complexity index is 1090. The normalized spacial score (nSPS) is 13.7. The highest BCUT2D eigenvalue weighted by Gasteiger charge is 2.25. The number of carbonyl (C=O) groups is 1. The van der Waals surface area contributed by atoms with E-state index >= 15 is 4.39 Å². The average molecular weight is 387 g/mol. The highest BCUT2D eigenvalue weighted by molar-refractivity contribution is 6.15. The number of ketones is 1. The van der Waals surface area contributed by atoms with Gasteiger partial charge in [0.1, 0.15) is 5.78 Å². The summed E-state index contributed by atoms with van der Waals surface area (Å²) in [5, 5.41) is 0. The van der Waals surface area contributed by atoms with Gasteiger partial charge < -0.3 is 0 Å². The van der Waals surface area contributed by atoms with Crippen molar-refractivity contribution >= 4 is 11.5 Å². The zero-order valence-electron chi connectivity index (χ0n) is 16.5. The van der Waals surface area contributed by atoms with Crippen LogP contribution < -0.4 is 0 Å². The quantitative estimate of drug-likeness (QED) is 0.622. The summed E-state index contributed by atoms with van der Waals surface area (Å²) in [5.41, 5.74) is 5.03. The number of aliphatic imine (C=N–C) groups is 1. The number of benzene rings is 1. The van der Waals surface area contributed by atoms with Crippen molar-refractivity contribution in [3.05, 3.63) is 94.3 Å². The Kier molecular flexibility index (Phi) is 5.30. The topological polar surface area (TPSA) is 55.2 Å². The number of aromatic nitrogens is 2. The summed E-state index contributed by atoms with van der Waals surface area (Å²) in [4.78, 5) is 25.5. The lowest BCUT2D eigenvalue weighted by Gasteiger charge is -2.12. The summed E-state index contributed by atoms with van der Waals surface area (Å²) in [6, 6.07) is 13.7. The van der Waals surface area contributed by atoms with Gasteiger partial charge in [0.15, 0.2) is 5.82 Å². The van der Waals surface area contributed by atoms with Gasteiger partial charge in [-0.1, -0.05) is 37.3 Å². The zero-order chi connectivity index (χ0) is 20.4. The number of hydrogen-bond donors (Lipinski definition) is 0. The molecule has 0 unspecified atom stereocenters. The van der Waals surface area contributed by atoms with Crippen molar-refractivity contribution in [1.29, 1.82) is 0 Å². The Morgan fingerprint density at radius 1 is 1.17 bits per heavy atom. The van der Waals surface area contributed by atoms with Crippen LogP contribution in [-0.4, -0.2) is 21.5 Å². The summed E-state index contributed by atoms with van der Waals surface area (Å²) >= 11 is 0. The largest absolute Gasteiger partial charge is 0.299 e. The highest BCUT2D eigenvalue weighted by Crippen LogP contribution is 2.27. The lowest BCUT2D eigenvalue weighted by molar-refractivity contribution is -0.118. The van der Waals surface area contributed by atoms with Crippen LogP contribution in [0.25, 0.3) is 0 Å². The second-order valence-corrected chi connectivity index (χ2v) is 7.49. The Hall–Kier alpha value is -3.21. The predicted octanol–water partition coefficient (Wildman–Crippen LogP) is 4.58. The van der Waals surface area contributed by atoms with Crippen molar-refractivity contribution in [2.75, 3.05) is 0 Å². The molecule has 29 heavy (non-hydrogen) atoms. The van der Waals surface area contributed by atoms with E-state index in [1.54, 1.807) is 12.4 Å². The maximum atomic E-state index is 15.1. The lowest BCUT2D eigenvalue weighted by atomic mass is 9.94. The van der Waals surface area contributed by atoms with Crippen LogP contribution in [0.15, 0.2) is 59.9 Å². The molecule has 1 atom stereocenters. The van der Waals surface area contributed by atoms with Gasteiger partial charge in [0.05, 0.1) is 24.4 Å². The zero-order valence-corrected chi connectivity index (χ0v) is 16.5. The van der Waals surface area contributed by atoms with E-state index in [0.29, 0.717) is 17.5 Å². The fraction of sp³-hybridized carbons (Fsp3) is 0.250. The number of rotatable bonds is 6. The van der Waals surface area contributed by atoms with E-state index in [4.69, 9.17) is 0 Å². The Balaban J connectivity index is 1.50. The fourth-order valence-corrected chi connectivity index (χ4v) is 3.73.